The molecule has 3 heterocycles. The summed E-state index contributed by atoms with van der Waals surface area (Å²) in [5.74, 6) is 3.45. The molecule has 1 aliphatic heterocycles. The number of H-pyrrole nitrogens is 1. The third-order valence-electron chi connectivity index (χ3n) is 5.29. The van der Waals surface area contributed by atoms with Crippen molar-refractivity contribution < 1.29 is 9.21 Å². The molecular formula is C21H25N3O2. The molecule has 2 unspecified atom stereocenters. The number of para-hydroxylation sites is 2. The van der Waals surface area contributed by atoms with Gasteiger partial charge in [0.05, 0.1) is 17.1 Å². The number of fused-ring (bicyclic) bond motifs is 1. The van der Waals surface area contributed by atoms with Crippen molar-refractivity contribution in [1.82, 2.24) is 14.9 Å². The van der Waals surface area contributed by atoms with Crippen molar-refractivity contribution >= 4 is 16.9 Å². The first-order valence-electron chi connectivity index (χ1n) is 9.39. The molecule has 1 saturated heterocycles. The lowest BCUT2D eigenvalue weighted by atomic mass is 9.90. The van der Waals surface area contributed by atoms with E-state index in [0.29, 0.717) is 18.8 Å². The van der Waals surface area contributed by atoms with Gasteiger partial charge in [0.1, 0.15) is 17.3 Å². The topological polar surface area (TPSA) is 62.1 Å². The molecule has 3 aromatic rings. The molecule has 26 heavy (non-hydrogen) atoms. The summed E-state index contributed by atoms with van der Waals surface area (Å²) in [4.78, 5) is 22.8. The number of carbonyl (C=O) groups is 1. The molecule has 1 aromatic carbocycles. The molecule has 0 aliphatic carbocycles. The third-order valence-corrected chi connectivity index (χ3v) is 5.29. The van der Waals surface area contributed by atoms with E-state index in [4.69, 9.17) is 4.42 Å². The predicted octanol–water partition coefficient (Wildman–Crippen LogP) is 4.40. The van der Waals surface area contributed by atoms with Crippen molar-refractivity contribution in [3.8, 4) is 0 Å². The molecule has 0 saturated carbocycles. The van der Waals surface area contributed by atoms with Crippen molar-refractivity contribution in [2.24, 2.45) is 5.92 Å². The Bertz CT molecular complexity index is 878. The number of rotatable bonds is 4. The predicted molar refractivity (Wildman–Crippen MR) is 101 cm³/mol. The molecule has 1 N–H and O–H groups in total. The summed E-state index contributed by atoms with van der Waals surface area (Å²) in [7, 11) is 0. The number of aromatic amines is 1. The van der Waals surface area contributed by atoms with E-state index in [1.54, 1.807) is 0 Å². The highest BCUT2D eigenvalue weighted by atomic mass is 16.3. The second-order valence-corrected chi connectivity index (χ2v) is 7.38. The summed E-state index contributed by atoms with van der Waals surface area (Å²) in [6, 6.07) is 12.0. The number of aromatic nitrogens is 2. The minimum absolute atomic E-state index is 0.0515. The third kappa shape index (κ3) is 3.39. The van der Waals surface area contributed by atoms with E-state index in [2.05, 4.69) is 16.9 Å². The first-order chi connectivity index (χ1) is 12.6. The van der Waals surface area contributed by atoms with Crippen molar-refractivity contribution in [3.05, 3.63) is 53.7 Å². The summed E-state index contributed by atoms with van der Waals surface area (Å²) in [6.45, 7) is 4.99. The van der Waals surface area contributed by atoms with E-state index in [1.165, 1.54) is 0 Å². The van der Waals surface area contributed by atoms with Crippen molar-refractivity contribution in [1.29, 1.82) is 0 Å². The van der Waals surface area contributed by atoms with Gasteiger partial charge in [0.15, 0.2) is 0 Å². The number of likely N-dealkylation sites (tertiary alicyclic amines) is 1. The first-order valence-corrected chi connectivity index (χ1v) is 9.39. The number of carbonyl (C=O) groups excluding carboxylic acids is 1. The number of amides is 1. The molecule has 136 valence electrons. The van der Waals surface area contributed by atoms with Crippen LogP contribution in [0.3, 0.4) is 0 Å². The molecule has 0 radical (unpaired) electrons. The Kier molecular flexibility index (Phi) is 4.53. The molecule has 4 rings (SSSR count). The summed E-state index contributed by atoms with van der Waals surface area (Å²) >= 11 is 0. The van der Waals surface area contributed by atoms with Crippen LogP contribution in [0.15, 0.2) is 40.8 Å². The van der Waals surface area contributed by atoms with Crippen LogP contribution in [-0.4, -0.2) is 27.3 Å². The van der Waals surface area contributed by atoms with E-state index in [0.717, 1.165) is 47.8 Å². The van der Waals surface area contributed by atoms with Crippen LogP contribution in [0.2, 0.25) is 0 Å². The minimum atomic E-state index is 0.0515. The van der Waals surface area contributed by atoms with Crippen LogP contribution < -0.4 is 0 Å². The minimum Gasteiger partial charge on any atom is -0.464 e. The Balaban J connectivity index is 1.46. The van der Waals surface area contributed by atoms with Crippen LogP contribution >= 0.6 is 0 Å². The van der Waals surface area contributed by atoms with Gasteiger partial charge >= 0.3 is 0 Å². The lowest BCUT2D eigenvalue weighted by Gasteiger charge is -2.37. The Morgan fingerprint density at radius 1 is 1.31 bits per heavy atom. The second kappa shape index (κ2) is 6.98. The lowest BCUT2D eigenvalue weighted by Crippen LogP contribution is -2.40. The maximum atomic E-state index is 12.9. The number of imidazole rings is 1. The Morgan fingerprint density at radius 2 is 2.15 bits per heavy atom. The summed E-state index contributed by atoms with van der Waals surface area (Å²) in [5.41, 5.74) is 1.97. The quantitative estimate of drug-likeness (QED) is 0.758. The van der Waals surface area contributed by atoms with E-state index < -0.39 is 0 Å². The highest BCUT2D eigenvalue weighted by Crippen LogP contribution is 2.35. The molecule has 2 aromatic heterocycles. The van der Waals surface area contributed by atoms with Gasteiger partial charge in [-0.25, -0.2) is 4.98 Å². The molecule has 0 spiro atoms. The number of aryl methyl sites for hydroxylation is 2. The van der Waals surface area contributed by atoms with Crippen LogP contribution in [-0.2, 0) is 11.2 Å². The molecule has 1 aliphatic rings. The highest BCUT2D eigenvalue weighted by Gasteiger charge is 2.32. The van der Waals surface area contributed by atoms with Gasteiger partial charge in [-0.2, -0.15) is 0 Å². The van der Waals surface area contributed by atoms with Crippen LogP contribution in [0, 0.1) is 12.8 Å². The average Bonchev–Trinajstić information content (AvgIpc) is 3.25. The number of benzene rings is 1. The zero-order valence-corrected chi connectivity index (χ0v) is 15.4. The van der Waals surface area contributed by atoms with Gasteiger partial charge in [-0.05, 0) is 49.9 Å². The molecule has 5 heteroatoms. The SMILES string of the molecule is Cc1ccc(C2CC(C)CCN2C(=O)CCc2nc3ccccc3[nH]2)o1. The molecule has 5 nitrogen and oxygen atoms in total. The zero-order chi connectivity index (χ0) is 18.1. The molecule has 0 bridgehead atoms. The summed E-state index contributed by atoms with van der Waals surface area (Å²) in [5, 5.41) is 0. The zero-order valence-electron chi connectivity index (χ0n) is 15.4. The molecular weight excluding hydrogens is 326 g/mol. The number of piperidine rings is 1. The fraction of sp³-hybridized carbons (Fsp3) is 0.429. The lowest BCUT2D eigenvalue weighted by molar-refractivity contribution is -0.136. The van der Waals surface area contributed by atoms with Gasteiger partial charge in [-0.3, -0.25) is 4.79 Å². The molecule has 2 atom stereocenters. The number of furan rings is 1. The number of nitrogens with zero attached hydrogens (tertiary/aromatic N) is 2. The van der Waals surface area contributed by atoms with E-state index in [1.807, 2.05) is 48.2 Å². The van der Waals surface area contributed by atoms with Crippen molar-refractivity contribution in [3.63, 3.8) is 0 Å². The van der Waals surface area contributed by atoms with Crippen LogP contribution in [0.5, 0.6) is 0 Å². The van der Waals surface area contributed by atoms with Crippen LogP contribution in [0.25, 0.3) is 11.0 Å². The Hall–Kier alpha value is -2.56. The van der Waals surface area contributed by atoms with Gasteiger partial charge in [0, 0.05) is 19.4 Å². The largest absolute Gasteiger partial charge is 0.464 e. The summed E-state index contributed by atoms with van der Waals surface area (Å²) < 4.78 is 5.84. The van der Waals surface area contributed by atoms with Gasteiger partial charge in [0.25, 0.3) is 0 Å². The van der Waals surface area contributed by atoms with E-state index >= 15 is 0 Å². The molecule has 1 fully saturated rings. The Morgan fingerprint density at radius 3 is 2.92 bits per heavy atom. The monoisotopic (exact) mass is 351 g/mol. The number of hydrogen-bond acceptors (Lipinski definition) is 3. The normalized spacial score (nSPS) is 20.6. The first kappa shape index (κ1) is 16.9. The second-order valence-electron chi connectivity index (χ2n) is 7.38. The van der Waals surface area contributed by atoms with Crippen molar-refractivity contribution in [2.45, 2.75) is 45.6 Å². The average molecular weight is 351 g/mol. The maximum absolute atomic E-state index is 12.9. The smallest absolute Gasteiger partial charge is 0.223 e. The van der Waals surface area contributed by atoms with Gasteiger partial charge in [-0.15, -0.1) is 0 Å². The maximum Gasteiger partial charge on any atom is 0.223 e. The fourth-order valence-corrected chi connectivity index (χ4v) is 3.84. The van der Waals surface area contributed by atoms with E-state index in [9.17, 15) is 4.79 Å². The standard InChI is InChI=1S/C21H25N3O2/c1-14-11-12-24(18(13-14)19-8-7-15(2)26-19)21(25)10-9-20-22-16-5-3-4-6-17(16)23-20/h3-8,14,18H,9-13H2,1-2H3,(H,22,23). The highest BCUT2D eigenvalue weighted by molar-refractivity contribution is 5.78. The van der Waals surface area contributed by atoms with Gasteiger partial charge in [-0.1, -0.05) is 19.1 Å². The van der Waals surface area contributed by atoms with E-state index in [-0.39, 0.29) is 11.9 Å². The molecule has 1 amide bonds. The number of nitrogens with one attached hydrogen (secondary N) is 1. The Labute approximate surface area is 153 Å². The van der Waals surface area contributed by atoms with Gasteiger partial charge in [0.2, 0.25) is 5.91 Å². The van der Waals surface area contributed by atoms with Crippen LogP contribution in [0.4, 0.5) is 0 Å². The van der Waals surface area contributed by atoms with Gasteiger partial charge < -0.3 is 14.3 Å². The number of hydrogen-bond donors (Lipinski definition) is 1. The van der Waals surface area contributed by atoms with Crippen molar-refractivity contribution in [2.75, 3.05) is 6.54 Å². The summed E-state index contributed by atoms with van der Waals surface area (Å²) in [6.07, 6.45) is 3.10. The van der Waals surface area contributed by atoms with Crippen LogP contribution in [0.1, 0.15) is 49.6 Å². The fourth-order valence-electron chi connectivity index (χ4n) is 3.84.